The lowest BCUT2D eigenvalue weighted by atomic mass is 9.83. The van der Waals surface area contributed by atoms with Crippen LogP contribution in [-0.4, -0.2) is 17.8 Å². The van der Waals surface area contributed by atoms with Crippen LogP contribution < -0.4 is 5.32 Å². The van der Waals surface area contributed by atoms with Crippen LogP contribution in [0.1, 0.15) is 38.7 Å². The molecule has 0 bridgehead atoms. The predicted octanol–water partition coefficient (Wildman–Crippen LogP) is 3.89. The minimum atomic E-state index is -0.468. The minimum Gasteiger partial charge on any atom is -0.355 e. The molecule has 1 aliphatic carbocycles. The number of benzene rings is 1. The lowest BCUT2D eigenvalue weighted by Gasteiger charge is -2.26. The largest absolute Gasteiger partial charge is 0.355 e. The standard InChI is InChI=1S/C17H24BrNO/c1-17(2,15-9-4-3-5-10-15)16(20)19-12-14-8-6-7-13(14)11-18/h3-5,9-10,13-14H,6-8,11-12H2,1-2H3,(H,19,20). The maximum Gasteiger partial charge on any atom is 0.230 e. The second-order valence-corrected chi connectivity index (χ2v) is 6.95. The first-order chi connectivity index (χ1) is 9.55. The molecule has 0 aliphatic heterocycles. The van der Waals surface area contributed by atoms with Gasteiger partial charge in [0.15, 0.2) is 0 Å². The Morgan fingerprint density at radius 1 is 1.25 bits per heavy atom. The van der Waals surface area contributed by atoms with E-state index >= 15 is 0 Å². The molecule has 3 heteroatoms. The molecule has 1 aromatic carbocycles. The van der Waals surface area contributed by atoms with Crippen molar-refractivity contribution in [1.82, 2.24) is 5.32 Å². The van der Waals surface area contributed by atoms with Gasteiger partial charge in [0.1, 0.15) is 0 Å². The molecule has 1 aliphatic rings. The lowest BCUT2D eigenvalue weighted by molar-refractivity contribution is -0.125. The van der Waals surface area contributed by atoms with E-state index in [-0.39, 0.29) is 5.91 Å². The molecule has 0 spiro atoms. The van der Waals surface area contributed by atoms with Crippen molar-refractivity contribution in [2.24, 2.45) is 11.8 Å². The smallest absolute Gasteiger partial charge is 0.230 e. The number of rotatable bonds is 5. The van der Waals surface area contributed by atoms with Gasteiger partial charge in [-0.15, -0.1) is 0 Å². The molecule has 2 nitrogen and oxygen atoms in total. The van der Waals surface area contributed by atoms with Gasteiger partial charge in [0.25, 0.3) is 0 Å². The number of alkyl halides is 1. The Morgan fingerprint density at radius 3 is 2.55 bits per heavy atom. The summed E-state index contributed by atoms with van der Waals surface area (Å²) in [6, 6.07) is 10.0. The van der Waals surface area contributed by atoms with E-state index in [1.807, 2.05) is 44.2 Å². The monoisotopic (exact) mass is 337 g/mol. The van der Waals surface area contributed by atoms with Crippen LogP contribution in [0.15, 0.2) is 30.3 Å². The molecule has 1 saturated carbocycles. The van der Waals surface area contributed by atoms with Gasteiger partial charge in [0.2, 0.25) is 5.91 Å². The van der Waals surface area contributed by atoms with Gasteiger partial charge >= 0.3 is 0 Å². The first kappa shape index (κ1) is 15.6. The molecule has 2 atom stereocenters. The molecule has 110 valence electrons. The van der Waals surface area contributed by atoms with Crippen molar-refractivity contribution in [3.63, 3.8) is 0 Å². The molecule has 1 aromatic rings. The maximum absolute atomic E-state index is 12.5. The van der Waals surface area contributed by atoms with Gasteiger partial charge in [-0.3, -0.25) is 4.79 Å². The lowest BCUT2D eigenvalue weighted by Crippen LogP contribution is -2.42. The van der Waals surface area contributed by atoms with E-state index < -0.39 is 5.41 Å². The summed E-state index contributed by atoms with van der Waals surface area (Å²) in [5.74, 6) is 1.48. The molecule has 2 unspecified atom stereocenters. The molecule has 1 fully saturated rings. The molecule has 1 amide bonds. The van der Waals surface area contributed by atoms with Crippen LogP contribution in [0, 0.1) is 11.8 Å². The Hall–Kier alpha value is -0.830. The summed E-state index contributed by atoms with van der Waals surface area (Å²) in [5.41, 5.74) is 0.602. The summed E-state index contributed by atoms with van der Waals surface area (Å²) in [5, 5.41) is 4.22. The average Bonchev–Trinajstić information content (AvgIpc) is 2.93. The van der Waals surface area contributed by atoms with Crippen molar-refractivity contribution < 1.29 is 4.79 Å². The Morgan fingerprint density at radius 2 is 1.90 bits per heavy atom. The van der Waals surface area contributed by atoms with E-state index in [1.54, 1.807) is 0 Å². The van der Waals surface area contributed by atoms with Gasteiger partial charge in [-0.2, -0.15) is 0 Å². The van der Waals surface area contributed by atoms with E-state index in [1.165, 1.54) is 19.3 Å². The molecule has 0 heterocycles. The van der Waals surface area contributed by atoms with Crippen LogP contribution in [0.4, 0.5) is 0 Å². The van der Waals surface area contributed by atoms with E-state index in [2.05, 4.69) is 21.2 Å². The zero-order chi connectivity index (χ0) is 14.6. The van der Waals surface area contributed by atoms with Crippen LogP contribution in [0.3, 0.4) is 0 Å². The summed E-state index contributed by atoms with van der Waals surface area (Å²) in [6.45, 7) is 4.80. The first-order valence-electron chi connectivity index (χ1n) is 7.45. The second kappa shape index (κ2) is 6.75. The van der Waals surface area contributed by atoms with E-state index in [0.717, 1.165) is 23.4 Å². The predicted molar refractivity (Wildman–Crippen MR) is 87.1 cm³/mol. The molecule has 1 N–H and O–H groups in total. The van der Waals surface area contributed by atoms with Gasteiger partial charge in [-0.1, -0.05) is 52.7 Å². The van der Waals surface area contributed by atoms with Crippen molar-refractivity contribution >= 4 is 21.8 Å². The van der Waals surface area contributed by atoms with Crippen LogP contribution in [-0.2, 0) is 10.2 Å². The van der Waals surface area contributed by atoms with Gasteiger partial charge in [0.05, 0.1) is 5.41 Å². The molecule has 0 aromatic heterocycles. The maximum atomic E-state index is 12.5. The summed E-state index contributed by atoms with van der Waals surface area (Å²) >= 11 is 3.59. The van der Waals surface area contributed by atoms with Crippen LogP contribution in [0.2, 0.25) is 0 Å². The van der Waals surface area contributed by atoms with Crippen molar-refractivity contribution in [3.8, 4) is 0 Å². The highest BCUT2D eigenvalue weighted by Crippen LogP contribution is 2.32. The Balaban J connectivity index is 1.94. The van der Waals surface area contributed by atoms with Crippen molar-refractivity contribution in [3.05, 3.63) is 35.9 Å². The molecule has 2 rings (SSSR count). The van der Waals surface area contributed by atoms with Gasteiger partial charge < -0.3 is 5.32 Å². The number of nitrogens with one attached hydrogen (secondary N) is 1. The van der Waals surface area contributed by atoms with Gasteiger partial charge in [-0.05, 0) is 44.1 Å². The molecule has 20 heavy (non-hydrogen) atoms. The Kier molecular flexibility index (Phi) is 5.25. The van der Waals surface area contributed by atoms with Crippen LogP contribution >= 0.6 is 15.9 Å². The van der Waals surface area contributed by atoms with E-state index in [4.69, 9.17) is 0 Å². The van der Waals surface area contributed by atoms with Gasteiger partial charge in [-0.25, -0.2) is 0 Å². The van der Waals surface area contributed by atoms with E-state index in [9.17, 15) is 4.79 Å². The highest BCUT2D eigenvalue weighted by molar-refractivity contribution is 9.09. The number of hydrogen-bond acceptors (Lipinski definition) is 1. The summed E-state index contributed by atoms with van der Waals surface area (Å²) in [7, 11) is 0. The average molecular weight is 338 g/mol. The third-order valence-electron chi connectivity index (χ3n) is 4.60. The van der Waals surface area contributed by atoms with Crippen molar-refractivity contribution in [1.29, 1.82) is 0 Å². The normalized spacial score (nSPS) is 22.8. The topological polar surface area (TPSA) is 29.1 Å². The zero-order valence-electron chi connectivity index (χ0n) is 12.4. The fourth-order valence-corrected chi connectivity index (χ4v) is 3.87. The van der Waals surface area contributed by atoms with Crippen molar-refractivity contribution in [2.75, 3.05) is 11.9 Å². The highest BCUT2D eigenvalue weighted by Gasteiger charge is 2.31. The SMILES string of the molecule is CC(C)(C(=O)NCC1CCCC1CBr)c1ccccc1. The number of carbonyl (C=O) groups is 1. The fourth-order valence-electron chi connectivity index (χ4n) is 3.02. The van der Waals surface area contributed by atoms with Crippen LogP contribution in [0.25, 0.3) is 0 Å². The zero-order valence-corrected chi connectivity index (χ0v) is 13.9. The summed E-state index contributed by atoms with van der Waals surface area (Å²) in [4.78, 5) is 12.5. The Bertz CT molecular complexity index is 444. The van der Waals surface area contributed by atoms with Crippen LogP contribution in [0.5, 0.6) is 0 Å². The summed E-state index contributed by atoms with van der Waals surface area (Å²) in [6.07, 6.45) is 3.81. The number of carbonyl (C=O) groups excluding carboxylic acids is 1. The minimum absolute atomic E-state index is 0.129. The molecular weight excluding hydrogens is 314 g/mol. The van der Waals surface area contributed by atoms with Gasteiger partial charge in [0, 0.05) is 11.9 Å². The molecule has 0 saturated heterocycles. The Labute approximate surface area is 130 Å². The third kappa shape index (κ3) is 3.43. The second-order valence-electron chi connectivity index (χ2n) is 6.31. The van der Waals surface area contributed by atoms with Crippen molar-refractivity contribution in [2.45, 2.75) is 38.5 Å². The van der Waals surface area contributed by atoms with E-state index in [0.29, 0.717) is 5.92 Å². The quantitative estimate of drug-likeness (QED) is 0.811. The number of hydrogen-bond donors (Lipinski definition) is 1. The fraction of sp³-hybridized carbons (Fsp3) is 0.588. The third-order valence-corrected chi connectivity index (χ3v) is 5.43. The molecule has 0 radical (unpaired) electrons. The summed E-state index contributed by atoms with van der Waals surface area (Å²) < 4.78 is 0. The number of halogens is 1. The highest BCUT2D eigenvalue weighted by atomic mass is 79.9. The molecular formula is C17H24BrNO. The first-order valence-corrected chi connectivity index (χ1v) is 8.57. The number of amides is 1.